The largest absolute Gasteiger partial charge is 0.393 e. The molecule has 3 saturated carbocycles. The molecule has 0 aromatic heterocycles. The highest BCUT2D eigenvalue weighted by Crippen LogP contribution is 2.59. The molecular weight excluding hydrogens is 400 g/mol. The van der Waals surface area contributed by atoms with Crippen molar-refractivity contribution in [3.8, 4) is 0 Å². The third kappa shape index (κ3) is 5.14. The van der Waals surface area contributed by atoms with Crippen LogP contribution < -0.4 is 0 Å². The van der Waals surface area contributed by atoms with Gasteiger partial charge in [-0.25, -0.2) is 0 Å². The molecule has 2 unspecified atom stereocenters. The highest BCUT2D eigenvalue weighted by atomic mass is 16.3. The van der Waals surface area contributed by atoms with Gasteiger partial charge < -0.3 is 20.4 Å². The molecule has 4 nitrogen and oxygen atoms in total. The fourth-order valence-corrected chi connectivity index (χ4v) is 6.44. The smallest absolute Gasteiger partial charge is 0.0908 e. The van der Waals surface area contributed by atoms with Crippen molar-refractivity contribution in [2.45, 2.75) is 90.4 Å². The van der Waals surface area contributed by atoms with Gasteiger partial charge in [-0.15, -0.1) is 0 Å². The molecule has 0 saturated heterocycles. The lowest BCUT2D eigenvalue weighted by Gasteiger charge is -2.44. The van der Waals surface area contributed by atoms with E-state index >= 15 is 0 Å². The molecule has 0 aliphatic heterocycles. The summed E-state index contributed by atoms with van der Waals surface area (Å²) in [6, 6.07) is 0. The van der Waals surface area contributed by atoms with Crippen LogP contribution in [0.2, 0.25) is 0 Å². The molecule has 3 rings (SSSR count). The van der Waals surface area contributed by atoms with Gasteiger partial charge in [0.1, 0.15) is 0 Å². The molecule has 8 atom stereocenters. The van der Waals surface area contributed by atoms with Crippen molar-refractivity contribution in [3.05, 3.63) is 47.6 Å². The predicted octanol–water partition coefficient (Wildman–Crippen LogP) is 4.70. The first-order chi connectivity index (χ1) is 15.0. The summed E-state index contributed by atoms with van der Waals surface area (Å²) in [5.41, 5.74) is 2.41. The van der Waals surface area contributed by atoms with Crippen LogP contribution in [0.1, 0.15) is 72.6 Å². The maximum atomic E-state index is 10.3. The Balaban J connectivity index is 1.75. The maximum Gasteiger partial charge on any atom is 0.0908 e. The van der Waals surface area contributed by atoms with Gasteiger partial charge >= 0.3 is 0 Å². The molecule has 0 aromatic rings. The molecule has 0 aromatic carbocycles. The SMILES string of the molecule is C=C1/C(=C\C=C2/CCC[C@]3(C)[C@@H]([C@H](C)/C=C/[C@H](C)C(C)(O)CO)CC[C@@H]23)C[C@@H](O)CC1O. The van der Waals surface area contributed by atoms with E-state index in [1.54, 1.807) is 6.92 Å². The maximum absolute atomic E-state index is 10.3. The van der Waals surface area contributed by atoms with E-state index in [0.29, 0.717) is 30.6 Å². The van der Waals surface area contributed by atoms with Crippen LogP contribution in [0, 0.1) is 29.1 Å². The predicted molar refractivity (Wildman–Crippen MR) is 130 cm³/mol. The fraction of sp³-hybridized carbons (Fsp3) is 0.714. The number of rotatable bonds is 6. The van der Waals surface area contributed by atoms with Crippen LogP contribution in [0.25, 0.3) is 0 Å². The average Bonchev–Trinajstić information content (AvgIpc) is 3.10. The summed E-state index contributed by atoms with van der Waals surface area (Å²) in [6.07, 6.45) is 14.5. The Labute approximate surface area is 194 Å². The molecular formula is C28H44O4. The van der Waals surface area contributed by atoms with Gasteiger partial charge in [-0.3, -0.25) is 0 Å². The lowest BCUT2D eigenvalue weighted by Crippen LogP contribution is -2.36. The summed E-state index contributed by atoms with van der Waals surface area (Å²) >= 11 is 0. The van der Waals surface area contributed by atoms with E-state index in [0.717, 1.165) is 17.6 Å². The van der Waals surface area contributed by atoms with E-state index in [9.17, 15) is 20.4 Å². The van der Waals surface area contributed by atoms with Gasteiger partial charge in [0.15, 0.2) is 0 Å². The molecule has 3 fully saturated rings. The Morgan fingerprint density at radius 2 is 1.91 bits per heavy atom. The minimum atomic E-state index is -1.09. The Hall–Kier alpha value is -1.20. The minimum Gasteiger partial charge on any atom is -0.393 e. The zero-order valence-electron chi connectivity index (χ0n) is 20.4. The van der Waals surface area contributed by atoms with Crippen LogP contribution in [-0.2, 0) is 0 Å². The second kappa shape index (κ2) is 9.97. The third-order valence-corrected chi connectivity index (χ3v) is 8.94. The van der Waals surface area contributed by atoms with E-state index in [2.05, 4.69) is 44.7 Å². The highest BCUT2D eigenvalue weighted by molar-refractivity contribution is 5.38. The van der Waals surface area contributed by atoms with E-state index in [1.807, 2.05) is 6.92 Å². The number of allylic oxidation sites excluding steroid dienone is 4. The summed E-state index contributed by atoms with van der Waals surface area (Å²) < 4.78 is 0. The Morgan fingerprint density at radius 3 is 2.59 bits per heavy atom. The molecule has 32 heavy (non-hydrogen) atoms. The number of fused-ring (bicyclic) bond motifs is 1. The van der Waals surface area contributed by atoms with Crippen LogP contribution in [0.3, 0.4) is 0 Å². The quantitative estimate of drug-likeness (QED) is 0.448. The van der Waals surface area contributed by atoms with E-state index in [-0.39, 0.29) is 17.9 Å². The van der Waals surface area contributed by atoms with E-state index < -0.39 is 17.8 Å². The highest BCUT2D eigenvalue weighted by Gasteiger charge is 2.50. The number of aliphatic hydroxyl groups excluding tert-OH is 3. The molecule has 4 N–H and O–H groups in total. The molecule has 3 aliphatic rings. The molecule has 0 bridgehead atoms. The van der Waals surface area contributed by atoms with Gasteiger partial charge in [-0.2, -0.15) is 0 Å². The molecule has 3 aliphatic carbocycles. The van der Waals surface area contributed by atoms with Crippen molar-refractivity contribution in [2.24, 2.45) is 29.1 Å². The first-order valence-corrected chi connectivity index (χ1v) is 12.5. The van der Waals surface area contributed by atoms with Gasteiger partial charge in [-0.1, -0.05) is 57.2 Å². The Morgan fingerprint density at radius 1 is 1.19 bits per heavy atom. The van der Waals surface area contributed by atoms with Gasteiger partial charge in [0.05, 0.1) is 24.4 Å². The normalized spacial score (nSPS) is 39.9. The average molecular weight is 445 g/mol. The van der Waals surface area contributed by atoms with Crippen molar-refractivity contribution in [1.82, 2.24) is 0 Å². The summed E-state index contributed by atoms with van der Waals surface area (Å²) in [4.78, 5) is 0. The van der Waals surface area contributed by atoms with Crippen LogP contribution >= 0.6 is 0 Å². The topological polar surface area (TPSA) is 80.9 Å². The lowest BCUT2D eigenvalue weighted by atomic mass is 9.61. The van der Waals surface area contributed by atoms with E-state index in [4.69, 9.17) is 0 Å². The number of hydrogen-bond donors (Lipinski definition) is 4. The number of hydrogen-bond acceptors (Lipinski definition) is 4. The lowest BCUT2D eigenvalue weighted by molar-refractivity contribution is -0.0266. The molecule has 180 valence electrons. The zero-order valence-corrected chi connectivity index (χ0v) is 20.4. The molecule has 0 amide bonds. The first-order valence-electron chi connectivity index (χ1n) is 12.5. The second-order valence-electron chi connectivity index (χ2n) is 11.2. The fourth-order valence-electron chi connectivity index (χ4n) is 6.44. The monoisotopic (exact) mass is 444 g/mol. The van der Waals surface area contributed by atoms with Crippen molar-refractivity contribution in [2.75, 3.05) is 6.61 Å². The van der Waals surface area contributed by atoms with Crippen LogP contribution in [0.5, 0.6) is 0 Å². The minimum absolute atomic E-state index is 0.0947. The van der Waals surface area contributed by atoms with Crippen LogP contribution in [0.4, 0.5) is 0 Å². The van der Waals surface area contributed by atoms with Crippen LogP contribution in [0.15, 0.2) is 47.6 Å². The van der Waals surface area contributed by atoms with Crippen molar-refractivity contribution >= 4 is 0 Å². The van der Waals surface area contributed by atoms with E-state index in [1.165, 1.54) is 31.3 Å². The summed E-state index contributed by atoms with van der Waals surface area (Å²) in [5.74, 6) is 1.49. The molecule has 0 spiro atoms. The Bertz CT molecular complexity index is 776. The third-order valence-electron chi connectivity index (χ3n) is 8.94. The van der Waals surface area contributed by atoms with Crippen molar-refractivity contribution in [3.63, 3.8) is 0 Å². The molecule has 4 heteroatoms. The van der Waals surface area contributed by atoms with Crippen molar-refractivity contribution < 1.29 is 20.4 Å². The Kier molecular flexibility index (Phi) is 7.92. The first kappa shape index (κ1) is 25.4. The summed E-state index contributed by atoms with van der Waals surface area (Å²) in [6.45, 7) is 12.2. The molecule has 0 radical (unpaired) electrons. The van der Waals surface area contributed by atoms with Crippen molar-refractivity contribution in [1.29, 1.82) is 0 Å². The van der Waals surface area contributed by atoms with Gasteiger partial charge in [0.25, 0.3) is 0 Å². The number of aliphatic hydroxyl groups is 4. The second-order valence-corrected chi connectivity index (χ2v) is 11.2. The van der Waals surface area contributed by atoms with Crippen LogP contribution in [-0.4, -0.2) is 44.8 Å². The summed E-state index contributed by atoms with van der Waals surface area (Å²) in [7, 11) is 0. The van der Waals surface area contributed by atoms with Gasteiger partial charge in [0, 0.05) is 12.3 Å². The molecule has 0 heterocycles. The standard InChI is InChI=1S/C28H44O4/c1-18(8-9-19(2)28(5,32)17-29)24-12-13-25-21(7-6-14-27(24,25)4)10-11-22-15-23(30)16-26(31)20(22)3/h8-11,18-19,23-26,29-32H,3,6-7,12-17H2,1-2,4-5H3/b9-8+,21-10+,22-11-/t18-,19+,23-,24-,25+,26?,27-,28?/m1/s1. The zero-order chi connectivity index (χ0) is 23.7. The van der Waals surface area contributed by atoms with Gasteiger partial charge in [0.2, 0.25) is 0 Å². The van der Waals surface area contributed by atoms with Gasteiger partial charge in [-0.05, 0) is 79.8 Å². The summed E-state index contributed by atoms with van der Waals surface area (Å²) in [5, 5.41) is 39.9.